The van der Waals surface area contributed by atoms with Gasteiger partial charge in [-0.2, -0.15) is 0 Å². The lowest BCUT2D eigenvalue weighted by Crippen LogP contribution is -2.28. The second kappa shape index (κ2) is 8.19. The molecule has 0 atom stereocenters. The number of halogens is 2. The fourth-order valence-corrected chi connectivity index (χ4v) is 2.92. The molecule has 3 rings (SSSR count). The molecule has 2 aromatic rings. The van der Waals surface area contributed by atoms with E-state index in [1.165, 1.54) is 12.1 Å². The molecule has 1 saturated heterocycles. The average molecular weight is 377 g/mol. The summed E-state index contributed by atoms with van der Waals surface area (Å²) in [5.41, 5.74) is 1.78. The quantitative estimate of drug-likeness (QED) is 0.841. The van der Waals surface area contributed by atoms with Crippen LogP contribution in [0.15, 0.2) is 42.5 Å². The van der Waals surface area contributed by atoms with Crippen LogP contribution in [0.1, 0.15) is 18.4 Å². The Labute approximate surface area is 155 Å². The van der Waals surface area contributed by atoms with Gasteiger partial charge in [0.25, 0.3) is 5.91 Å². The molecular weight excluding hydrogens is 359 g/mol. The van der Waals surface area contributed by atoms with Gasteiger partial charge in [-0.3, -0.25) is 9.59 Å². The summed E-state index contributed by atoms with van der Waals surface area (Å²) in [6, 6.07) is 11.2. The summed E-state index contributed by atoms with van der Waals surface area (Å²) in [5, 5.41) is 2.85. The van der Waals surface area contributed by atoms with E-state index in [0.29, 0.717) is 13.0 Å². The van der Waals surface area contributed by atoms with Crippen LogP contribution in [0.25, 0.3) is 0 Å². The first-order chi connectivity index (χ1) is 12.5. The van der Waals surface area contributed by atoms with Crippen molar-refractivity contribution in [1.82, 2.24) is 5.32 Å². The summed E-state index contributed by atoms with van der Waals surface area (Å²) in [7, 11) is 0. The summed E-state index contributed by atoms with van der Waals surface area (Å²) in [4.78, 5) is 25.4. The van der Waals surface area contributed by atoms with Crippen molar-refractivity contribution < 1.29 is 18.7 Å². The largest absolute Gasteiger partial charge is 0.482 e. The number of anilines is 1. The van der Waals surface area contributed by atoms with Crippen molar-refractivity contribution in [1.29, 1.82) is 0 Å². The Bertz CT molecular complexity index is 811. The molecule has 0 unspecified atom stereocenters. The van der Waals surface area contributed by atoms with Crippen LogP contribution in [0.5, 0.6) is 5.75 Å². The third-order valence-electron chi connectivity index (χ3n) is 4.06. The number of nitrogens with zero attached hydrogens (tertiary/aromatic N) is 1. The standard InChI is InChI=1S/C19H18ClFN2O3/c20-16-10-14(21)5-8-17(16)26-12-18(24)22-11-13-3-6-15(7-4-13)23-9-1-2-19(23)25/h3-8,10H,1-2,9,11-12H2,(H,22,24). The average Bonchev–Trinajstić information content (AvgIpc) is 3.05. The van der Waals surface area contributed by atoms with Gasteiger partial charge in [-0.05, 0) is 42.3 Å². The molecule has 2 aromatic carbocycles. The lowest BCUT2D eigenvalue weighted by Gasteiger charge is -2.16. The van der Waals surface area contributed by atoms with Gasteiger partial charge in [0.2, 0.25) is 5.91 Å². The highest BCUT2D eigenvalue weighted by Gasteiger charge is 2.21. The molecule has 7 heteroatoms. The third kappa shape index (κ3) is 4.52. The van der Waals surface area contributed by atoms with Gasteiger partial charge in [-0.1, -0.05) is 23.7 Å². The number of carbonyl (C=O) groups is 2. The lowest BCUT2D eigenvalue weighted by atomic mass is 10.2. The first kappa shape index (κ1) is 18.2. The molecule has 26 heavy (non-hydrogen) atoms. The summed E-state index contributed by atoms with van der Waals surface area (Å²) in [6.45, 7) is 0.873. The van der Waals surface area contributed by atoms with Gasteiger partial charge in [-0.15, -0.1) is 0 Å². The van der Waals surface area contributed by atoms with Crippen molar-refractivity contribution in [3.8, 4) is 5.75 Å². The van der Waals surface area contributed by atoms with Crippen molar-refractivity contribution in [2.45, 2.75) is 19.4 Å². The van der Waals surface area contributed by atoms with Gasteiger partial charge in [0.1, 0.15) is 11.6 Å². The maximum atomic E-state index is 13.0. The summed E-state index contributed by atoms with van der Waals surface area (Å²) >= 11 is 5.84. The van der Waals surface area contributed by atoms with Gasteiger partial charge in [0.15, 0.2) is 6.61 Å². The number of ether oxygens (including phenoxy) is 1. The van der Waals surface area contributed by atoms with Crippen molar-refractivity contribution in [3.05, 3.63) is 58.9 Å². The van der Waals surface area contributed by atoms with Crippen molar-refractivity contribution in [2.24, 2.45) is 0 Å². The van der Waals surface area contributed by atoms with Gasteiger partial charge < -0.3 is 15.0 Å². The molecule has 0 radical (unpaired) electrons. The van der Waals surface area contributed by atoms with E-state index in [0.717, 1.165) is 30.3 Å². The third-order valence-corrected chi connectivity index (χ3v) is 4.36. The van der Waals surface area contributed by atoms with Gasteiger partial charge in [0.05, 0.1) is 5.02 Å². The minimum atomic E-state index is -0.467. The summed E-state index contributed by atoms with van der Waals surface area (Å²) in [5.74, 6) is -0.388. The number of amides is 2. The van der Waals surface area contributed by atoms with Crippen LogP contribution in [0.4, 0.5) is 10.1 Å². The zero-order chi connectivity index (χ0) is 18.5. The predicted octanol–water partition coefficient (Wildman–Crippen LogP) is 3.30. The first-order valence-electron chi connectivity index (χ1n) is 8.27. The van der Waals surface area contributed by atoms with Crippen molar-refractivity contribution in [2.75, 3.05) is 18.1 Å². The lowest BCUT2D eigenvalue weighted by molar-refractivity contribution is -0.123. The molecule has 2 amide bonds. The molecule has 0 aliphatic carbocycles. The highest BCUT2D eigenvalue weighted by atomic mass is 35.5. The molecule has 1 aliphatic rings. The van der Waals surface area contributed by atoms with E-state index in [2.05, 4.69) is 5.32 Å². The van der Waals surface area contributed by atoms with E-state index in [-0.39, 0.29) is 29.2 Å². The Balaban J connectivity index is 1.47. The number of rotatable bonds is 6. The van der Waals surface area contributed by atoms with E-state index < -0.39 is 5.82 Å². The maximum absolute atomic E-state index is 13.0. The Morgan fingerprint density at radius 2 is 2.00 bits per heavy atom. The molecule has 1 fully saturated rings. The molecule has 0 saturated carbocycles. The number of hydrogen-bond donors (Lipinski definition) is 1. The maximum Gasteiger partial charge on any atom is 0.258 e. The molecule has 136 valence electrons. The van der Waals surface area contributed by atoms with Gasteiger partial charge in [0, 0.05) is 25.2 Å². The Morgan fingerprint density at radius 3 is 2.65 bits per heavy atom. The Morgan fingerprint density at radius 1 is 1.23 bits per heavy atom. The van der Waals surface area contributed by atoms with E-state index in [1.807, 2.05) is 24.3 Å². The SMILES string of the molecule is O=C(COc1ccc(F)cc1Cl)NCc1ccc(N2CCCC2=O)cc1. The zero-order valence-electron chi connectivity index (χ0n) is 14.0. The monoisotopic (exact) mass is 376 g/mol. The van der Waals surface area contributed by atoms with Crippen LogP contribution in [-0.4, -0.2) is 25.0 Å². The first-order valence-corrected chi connectivity index (χ1v) is 8.64. The van der Waals surface area contributed by atoms with Gasteiger partial charge in [-0.25, -0.2) is 4.39 Å². The molecule has 0 aromatic heterocycles. The number of hydrogen-bond acceptors (Lipinski definition) is 3. The minimum absolute atomic E-state index is 0.116. The minimum Gasteiger partial charge on any atom is -0.482 e. The second-order valence-electron chi connectivity index (χ2n) is 5.96. The molecule has 0 bridgehead atoms. The topological polar surface area (TPSA) is 58.6 Å². The Hall–Kier alpha value is -2.60. The van der Waals surface area contributed by atoms with Gasteiger partial charge >= 0.3 is 0 Å². The van der Waals surface area contributed by atoms with E-state index in [9.17, 15) is 14.0 Å². The summed E-state index contributed by atoms with van der Waals surface area (Å²) in [6.07, 6.45) is 1.48. The zero-order valence-corrected chi connectivity index (χ0v) is 14.8. The fourth-order valence-electron chi connectivity index (χ4n) is 2.70. The van der Waals surface area contributed by atoms with Crippen molar-refractivity contribution >= 4 is 29.1 Å². The van der Waals surface area contributed by atoms with Crippen LogP contribution < -0.4 is 15.0 Å². The molecule has 1 heterocycles. The highest BCUT2D eigenvalue weighted by molar-refractivity contribution is 6.32. The molecular formula is C19H18ClFN2O3. The van der Waals surface area contributed by atoms with E-state index in [1.54, 1.807) is 4.90 Å². The number of nitrogens with one attached hydrogen (secondary N) is 1. The highest BCUT2D eigenvalue weighted by Crippen LogP contribution is 2.24. The van der Waals surface area contributed by atoms with Crippen LogP contribution >= 0.6 is 11.6 Å². The molecule has 0 spiro atoms. The smallest absolute Gasteiger partial charge is 0.258 e. The fraction of sp³-hybridized carbons (Fsp3) is 0.263. The number of carbonyl (C=O) groups excluding carboxylic acids is 2. The predicted molar refractivity (Wildman–Crippen MR) is 96.8 cm³/mol. The van der Waals surface area contributed by atoms with E-state index in [4.69, 9.17) is 16.3 Å². The molecule has 1 aliphatic heterocycles. The van der Waals surface area contributed by atoms with Crippen LogP contribution in [0, 0.1) is 5.82 Å². The summed E-state index contributed by atoms with van der Waals surface area (Å²) < 4.78 is 18.2. The number of benzene rings is 2. The van der Waals surface area contributed by atoms with Crippen LogP contribution in [0.3, 0.4) is 0 Å². The van der Waals surface area contributed by atoms with Crippen LogP contribution in [0.2, 0.25) is 5.02 Å². The Kier molecular flexibility index (Phi) is 5.73. The van der Waals surface area contributed by atoms with E-state index >= 15 is 0 Å². The second-order valence-corrected chi connectivity index (χ2v) is 6.36. The van der Waals surface area contributed by atoms with Crippen molar-refractivity contribution in [3.63, 3.8) is 0 Å². The molecule has 5 nitrogen and oxygen atoms in total. The normalized spacial score (nSPS) is 13.8. The molecule has 1 N–H and O–H groups in total. The van der Waals surface area contributed by atoms with Crippen LogP contribution in [-0.2, 0) is 16.1 Å².